The fraction of sp³-hybridized carbons (Fsp3) is 1.00. The van der Waals surface area contributed by atoms with Gasteiger partial charge in [0.05, 0.1) is 22.1 Å². The Morgan fingerprint density at radius 2 is 1.46 bits per heavy atom. The molecule has 218 valence electrons. The SMILES string of the molecule is COCO[C@@H]1C[C@H](CO[Si](C)(C)C(C)(C)C)[C@@H]2[C@@H]3[C@H](C[C@]2(C)[C@H]1O[Si](C)(C)C(C)(C)C)[C@@]3(Br)C(C)(C)O. The summed E-state index contributed by atoms with van der Waals surface area (Å²) in [6.07, 6.45) is 1.90. The van der Waals surface area contributed by atoms with Gasteiger partial charge in [0, 0.05) is 13.7 Å². The Balaban J connectivity index is 2.02. The molecule has 8 atom stereocenters. The molecule has 0 heterocycles. The number of fused-ring (bicyclic) bond motifs is 3. The first-order valence-electron chi connectivity index (χ1n) is 14.3. The summed E-state index contributed by atoms with van der Waals surface area (Å²) in [7, 11) is -2.28. The van der Waals surface area contributed by atoms with Gasteiger partial charge < -0.3 is 23.4 Å². The van der Waals surface area contributed by atoms with Gasteiger partial charge in [-0.1, -0.05) is 64.4 Å². The fourth-order valence-electron chi connectivity index (χ4n) is 6.97. The van der Waals surface area contributed by atoms with Crippen LogP contribution >= 0.6 is 15.9 Å². The smallest absolute Gasteiger partial charge is 0.192 e. The Morgan fingerprint density at radius 1 is 0.919 bits per heavy atom. The van der Waals surface area contributed by atoms with Crippen molar-refractivity contribution in [1.29, 1.82) is 0 Å². The minimum Gasteiger partial charge on any atom is -0.417 e. The highest BCUT2D eigenvalue weighted by molar-refractivity contribution is 9.10. The summed E-state index contributed by atoms with van der Waals surface area (Å²) < 4.78 is 25.8. The molecule has 0 saturated heterocycles. The van der Waals surface area contributed by atoms with Gasteiger partial charge in [0.2, 0.25) is 0 Å². The largest absolute Gasteiger partial charge is 0.417 e. The molecular formula is C29H57BrO5Si2. The summed E-state index contributed by atoms with van der Waals surface area (Å²) in [4.78, 5) is 0. The molecule has 0 aromatic heterocycles. The highest BCUT2D eigenvalue weighted by atomic mass is 79.9. The molecule has 0 bridgehead atoms. The summed E-state index contributed by atoms with van der Waals surface area (Å²) >= 11 is 4.09. The van der Waals surface area contributed by atoms with Gasteiger partial charge in [0.15, 0.2) is 16.6 Å². The van der Waals surface area contributed by atoms with Crippen molar-refractivity contribution in [3.63, 3.8) is 0 Å². The predicted molar refractivity (Wildman–Crippen MR) is 161 cm³/mol. The zero-order valence-electron chi connectivity index (χ0n) is 26.3. The molecule has 0 aromatic carbocycles. The lowest BCUT2D eigenvalue weighted by molar-refractivity contribution is -0.186. The van der Waals surface area contributed by atoms with Crippen LogP contribution in [0.1, 0.15) is 75.2 Å². The van der Waals surface area contributed by atoms with E-state index in [1.165, 1.54) is 0 Å². The summed E-state index contributed by atoms with van der Waals surface area (Å²) in [6, 6.07) is 0. The van der Waals surface area contributed by atoms with Crippen LogP contribution < -0.4 is 0 Å². The van der Waals surface area contributed by atoms with Crippen molar-refractivity contribution in [1.82, 2.24) is 0 Å². The van der Waals surface area contributed by atoms with Crippen LogP contribution in [0.25, 0.3) is 0 Å². The van der Waals surface area contributed by atoms with Gasteiger partial charge in [0.25, 0.3) is 0 Å². The van der Waals surface area contributed by atoms with Crippen LogP contribution in [-0.2, 0) is 18.3 Å². The number of hydrogen-bond acceptors (Lipinski definition) is 5. The highest BCUT2D eigenvalue weighted by Gasteiger charge is 2.81. The van der Waals surface area contributed by atoms with Crippen LogP contribution in [0.15, 0.2) is 0 Å². The predicted octanol–water partition coefficient (Wildman–Crippen LogP) is 7.58. The molecular weight excluding hydrogens is 564 g/mol. The topological polar surface area (TPSA) is 57.2 Å². The third-order valence-corrected chi connectivity index (χ3v) is 22.3. The molecule has 5 nitrogen and oxygen atoms in total. The standard InChI is InChI=1S/C29H57BrO5Si2/c1-25(2,3)36(11,12)34-17-19-15-21(33-18-32-10)24(35-37(13,14)26(4,5)6)28(9)16-20-23(22(19)28)29(20,30)27(7,8)31/h19-24,31H,15-18H2,1-14H3/t19-,20+,21-,22-,23+,24+,28+,29+/m1/s1. The van der Waals surface area contributed by atoms with E-state index in [1.807, 2.05) is 13.8 Å². The third kappa shape index (κ3) is 5.50. The number of rotatable bonds is 9. The molecule has 3 aliphatic carbocycles. The van der Waals surface area contributed by atoms with Crippen LogP contribution in [0.3, 0.4) is 0 Å². The van der Waals surface area contributed by atoms with E-state index in [-0.39, 0.29) is 38.8 Å². The van der Waals surface area contributed by atoms with E-state index in [2.05, 4.69) is 90.6 Å². The van der Waals surface area contributed by atoms with E-state index >= 15 is 0 Å². The molecule has 3 fully saturated rings. The number of halogens is 1. The average Bonchev–Trinajstić information content (AvgIpc) is 3.12. The van der Waals surface area contributed by atoms with Crippen LogP contribution in [0.5, 0.6) is 0 Å². The number of ether oxygens (including phenoxy) is 2. The Morgan fingerprint density at radius 3 is 1.92 bits per heavy atom. The fourth-order valence-corrected chi connectivity index (χ4v) is 10.4. The zero-order valence-corrected chi connectivity index (χ0v) is 29.8. The van der Waals surface area contributed by atoms with Crippen molar-refractivity contribution in [2.45, 2.75) is 134 Å². The Kier molecular flexibility index (Phi) is 8.64. The maximum absolute atomic E-state index is 11.2. The van der Waals surface area contributed by atoms with Crippen LogP contribution in [0.4, 0.5) is 0 Å². The second kappa shape index (κ2) is 9.92. The van der Waals surface area contributed by atoms with Gasteiger partial charge in [-0.2, -0.15) is 0 Å². The molecule has 8 heteroatoms. The number of methoxy groups -OCH3 is 1. The molecule has 1 N–H and O–H groups in total. The molecule has 3 aliphatic rings. The van der Waals surface area contributed by atoms with E-state index in [0.29, 0.717) is 23.7 Å². The average molecular weight is 622 g/mol. The molecule has 0 unspecified atom stereocenters. The van der Waals surface area contributed by atoms with Crippen molar-refractivity contribution in [3.05, 3.63) is 0 Å². The van der Waals surface area contributed by atoms with Crippen molar-refractivity contribution in [3.8, 4) is 0 Å². The first kappa shape index (κ1) is 32.2. The van der Waals surface area contributed by atoms with Crippen molar-refractivity contribution in [2.75, 3.05) is 20.5 Å². The van der Waals surface area contributed by atoms with Gasteiger partial charge in [-0.05, 0) is 92.0 Å². The molecule has 0 radical (unpaired) electrons. The summed E-state index contributed by atoms with van der Waals surface area (Å²) in [5, 5.41) is 11.5. The maximum Gasteiger partial charge on any atom is 0.192 e. The molecule has 0 aromatic rings. The van der Waals surface area contributed by atoms with E-state index < -0.39 is 22.2 Å². The summed E-state index contributed by atoms with van der Waals surface area (Å²) in [6.45, 7) is 30.7. The van der Waals surface area contributed by atoms with E-state index in [0.717, 1.165) is 19.4 Å². The first-order valence-corrected chi connectivity index (χ1v) is 20.9. The second-order valence-corrected chi connectivity index (χ2v) is 27.1. The Hall–Kier alpha value is 0.714. The second-order valence-electron chi connectivity index (χ2n) is 16.2. The minimum absolute atomic E-state index is 0.00372. The maximum atomic E-state index is 11.2. The number of aliphatic hydroxyl groups is 1. The Labute approximate surface area is 238 Å². The third-order valence-electron chi connectivity index (χ3n) is 11.2. The molecule has 3 rings (SSSR count). The normalized spacial score (nSPS) is 38.9. The van der Waals surface area contributed by atoms with Gasteiger partial charge in [0.1, 0.15) is 6.79 Å². The Bertz CT molecular complexity index is 830. The lowest BCUT2D eigenvalue weighted by Crippen LogP contribution is -2.61. The molecule has 0 amide bonds. The molecule has 0 spiro atoms. The zero-order chi connectivity index (χ0) is 28.6. The lowest BCUT2D eigenvalue weighted by Gasteiger charge is -2.56. The van der Waals surface area contributed by atoms with E-state index in [9.17, 15) is 5.11 Å². The van der Waals surface area contributed by atoms with Crippen LogP contribution in [-0.4, -0.2) is 64.4 Å². The van der Waals surface area contributed by atoms with Crippen LogP contribution in [0, 0.1) is 29.1 Å². The molecule has 0 aliphatic heterocycles. The summed E-state index contributed by atoms with van der Waals surface area (Å²) in [5.41, 5.74) is -0.834. The number of hydrogen-bond donors (Lipinski definition) is 1. The van der Waals surface area contributed by atoms with E-state index in [4.69, 9.17) is 18.3 Å². The van der Waals surface area contributed by atoms with Gasteiger partial charge in [-0.15, -0.1) is 0 Å². The molecule has 37 heavy (non-hydrogen) atoms. The van der Waals surface area contributed by atoms with Gasteiger partial charge in [-0.25, -0.2) is 0 Å². The van der Waals surface area contributed by atoms with Crippen LogP contribution in [0.2, 0.25) is 36.3 Å². The van der Waals surface area contributed by atoms with Crippen molar-refractivity contribution < 1.29 is 23.4 Å². The number of alkyl halides is 1. The van der Waals surface area contributed by atoms with Crippen molar-refractivity contribution in [2.24, 2.45) is 29.1 Å². The molecule has 3 saturated carbocycles. The lowest BCUT2D eigenvalue weighted by atomic mass is 9.58. The monoisotopic (exact) mass is 620 g/mol. The summed E-state index contributed by atoms with van der Waals surface area (Å²) in [5.74, 6) is 1.56. The quantitative estimate of drug-likeness (QED) is 0.163. The minimum atomic E-state index is -2.06. The van der Waals surface area contributed by atoms with Gasteiger partial charge in [-0.3, -0.25) is 0 Å². The van der Waals surface area contributed by atoms with Crippen molar-refractivity contribution >= 4 is 32.6 Å². The highest BCUT2D eigenvalue weighted by Crippen LogP contribution is 2.79. The van der Waals surface area contributed by atoms with E-state index in [1.54, 1.807) is 7.11 Å². The van der Waals surface area contributed by atoms with Gasteiger partial charge >= 0.3 is 0 Å². The first-order chi connectivity index (χ1) is 16.5.